The quantitative estimate of drug-likeness (QED) is 0.870. The first kappa shape index (κ1) is 15.7. The van der Waals surface area contributed by atoms with Crippen molar-refractivity contribution < 1.29 is 0 Å². The molecule has 1 aromatic carbocycles. The summed E-state index contributed by atoms with van der Waals surface area (Å²) in [6.45, 7) is 13.4. The fraction of sp³-hybridized carbons (Fsp3) is 0.647. The normalized spacial score (nSPS) is 18.0. The van der Waals surface area contributed by atoms with E-state index in [4.69, 9.17) is 11.6 Å². The molecule has 0 unspecified atom stereocenters. The molecule has 1 saturated heterocycles. The van der Waals surface area contributed by atoms with Crippen LogP contribution in [0.15, 0.2) is 18.2 Å². The van der Waals surface area contributed by atoms with Crippen molar-refractivity contribution in [3.63, 3.8) is 0 Å². The number of hydrogen-bond acceptors (Lipinski definition) is 2. The summed E-state index contributed by atoms with van der Waals surface area (Å²) in [6, 6.07) is 6.29. The molecule has 20 heavy (non-hydrogen) atoms. The Morgan fingerprint density at radius 2 is 2.10 bits per heavy atom. The first-order valence-corrected chi connectivity index (χ1v) is 7.99. The summed E-state index contributed by atoms with van der Waals surface area (Å²) in [4.78, 5) is 2.50. The van der Waals surface area contributed by atoms with Crippen LogP contribution in [0.2, 0.25) is 5.02 Å². The van der Waals surface area contributed by atoms with Crippen molar-refractivity contribution in [3.8, 4) is 0 Å². The maximum atomic E-state index is 6.17. The minimum Gasteiger partial charge on any atom is -0.371 e. The highest BCUT2D eigenvalue weighted by Crippen LogP contribution is 2.34. The summed E-state index contributed by atoms with van der Waals surface area (Å²) in [5.74, 6) is 0.670. The first-order chi connectivity index (χ1) is 9.37. The van der Waals surface area contributed by atoms with Crippen LogP contribution in [0.1, 0.15) is 39.7 Å². The highest BCUT2D eigenvalue weighted by Gasteiger charge is 2.30. The molecule has 1 N–H and O–H groups in total. The van der Waals surface area contributed by atoms with Gasteiger partial charge in [0.25, 0.3) is 0 Å². The zero-order chi connectivity index (χ0) is 14.8. The van der Waals surface area contributed by atoms with E-state index >= 15 is 0 Å². The van der Waals surface area contributed by atoms with Crippen LogP contribution < -0.4 is 10.2 Å². The summed E-state index contributed by atoms with van der Waals surface area (Å²) in [7, 11) is 0. The third-order valence-electron chi connectivity index (χ3n) is 3.93. The number of anilines is 1. The van der Waals surface area contributed by atoms with E-state index in [9.17, 15) is 0 Å². The summed E-state index contributed by atoms with van der Waals surface area (Å²) in [6.07, 6.45) is 1.26. The van der Waals surface area contributed by atoms with Crippen LogP contribution >= 0.6 is 11.6 Å². The van der Waals surface area contributed by atoms with Crippen molar-refractivity contribution in [1.82, 2.24) is 5.32 Å². The third-order valence-corrected chi connectivity index (χ3v) is 4.16. The third kappa shape index (κ3) is 4.13. The van der Waals surface area contributed by atoms with Gasteiger partial charge in [0.2, 0.25) is 0 Å². The van der Waals surface area contributed by atoms with Crippen LogP contribution in [0.4, 0.5) is 5.69 Å². The standard InChI is InChI=1S/C17H27ClN2/c1-13(2)10-19-11-14-9-15(18)5-6-16(14)20-8-7-17(3,4)12-20/h5-6,9,13,19H,7-8,10-12H2,1-4H3. The average Bonchev–Trinajstić information content (AvgIpc) is 2.69. The predicted octanol–water partition coefficient (Wildman–Crippen LogP) is 4.32. The Kier molecular flexibility index (Phi) is 4.98. The molecule has 0 spiro atoms. The summed E-state index contributed by atoms with van der Waals surface area (Å²) < 4.78 is 0. The van der Waals surface area contributed by atoms with E-state index in [-0.39, 0.29) is 0 Å². The smallest absolute Gasteiger partial charge is 0.0413 e. The predicted molar refractivity (Wildman–Crippen MR) is 88.6 cm³/mol. The van der Waals surface area contributed by atoms with Crippen LogP contribution in [-0.2, 0) is 6.54 Å². The number of nitrogens with zero attached hydrogens (tertiary/aromatic N) is 1. The van der Waals surface area contributed by atoms with Gasteiger partial charge < -0.3 is 10.2 Å². The van der Waals surface area contributed by atoms with Gasteiger partial charge in [-0.3, -0.25) is 0 Å². The van der Waals surface area contributed by atoms with Crippen molar-refractivity contribution in [2.75, 3.05) is 24.5 Å². The van der Waals surface area contributed by atoms with Gasteiger partial charge >= 0.3 is 0 Å². The number of rotatable bonds is 5. The van der Waals surface area contributed by atoms with Crippen molar-refractivity contribution in [2.45, 2.75) is 40.7 Å². The Morgan fingerprint density at radius 3 is 2.70 bits per heavy atom. The zero-order valence-electron chi connectivity index (χ0n) is 13.2. The summed E-state index contributed by atoms with van der Waals surface area (Å²) in [5.41, 5.74) is 3.08. The maximum absolute atomic E-state index is 6.17. The fourth-order valence-corrected chi connectivity index (χ4v) is 3.01. The topological polar surface area (TPSA) is 15.3 Å². The molecule has 1 fully saturated rings. The van der Waals surface area contributed by atoms with Gasteiger partial charge in [-0.2, -0.15) is 0 Å². The molecular formula is C17H27ClN2. The second-order valence-electron chi connectivity index (χ2n) is 7.13. The van der Waals surface area contributed by atoms with E-state index in [1.165, 1.54) is 17.7 Å². The minimum atomic E-state index is 0.419. The van der Waals surface area contributed by atoms with E-state index in [0.29, 0.717) is 11.3 Å². The molecule has 2 nitrogen and oxygen atoms in total. The van der Waals surface area contributed by atoms with Gasteiger partial charge in [0.05, 0.1) is 0 Å². The Bertz CT molecular complexity index is 454. The fourth-order valence-electron chi connectivity index (χ4n) is 2.82. The second kappa shape index (κ2) is 6.36. The van der Waals surface area contributed by atoms with Gasteiger partial charge in [-0.15, -0.1) is 0 Å². The molecule has 0 saturated carbocycles. The van der Waals surface area contributed by atoms with Gasteiger partial charge in [0.15, 0.2) is 0 Å². The molecule has 0 radical (unpaired) electrons. The Morgan fingerprint density at radius 1 is 1.35 bits per heavy atom. The molecule has 1 aromatic rings. The summed E-state index contributed by atoms with van der Waals surface area (Å²) >= 11 is 6.17. The minimum absolute atomic E-state index is 0.419. The monoisotopic (exact) mass is 294 g/mol. The van der Waals surface area contributed by atoms with Crippen LogP contribution in [0, 0.1) is 11.3 Å². The highest BCUT2D eigenvalue weighted by atomic mass is 35.5. The van der Waals surface area contributed by atoms with E-state index in [2.05, 4.69) is 50.0 Å². The van der Waals surface area contributed by atoms with E-state index in [1.807, 2.05) is 6.07 Å². The molecule has 0 amide bonds. The first-order valence-electron chi connectivity index (χ1n) is 7.61. The number of nitrogens with one attached hydrogen (secondary N) is 1. The lowest BCUT2D eigenvalue weighted by atomic mass is 9.93. The van der Waals surface area contributed by atoms with E-state index < -0.39 is 0 Å². The van der Waals surface area contributed by atoms with Crippen molar-refractivity contribution >= 4 is 17.3 Å². The largest absolute Gasteiger partial charge is 0.371 e. The van der Waals surface area contributed by atoms with Gasteiger partial charge in [-0.05, 0) is 48.1 Å². The molecule has 3 heteroatoms. The Balaban J connectivity index is 2.12. The molecule has 0 aliphatic carbocycles. The van der Waals surface area contributed by atoms with Gasteiger partial charge in [0.1, 0.15) is 0 Å². The highest BCUT2D eigenvalue weighted by molar-refractivity contribution is 6.30. The average molecular weight is 295 g/mol. The molecule has 1 heterocycles. The molecule has 0 atom stereocenters. The second-order valence-corrected chi connectivity index (χ2v) is 7.57. The van der Waals surface area contributed by atoms with Crippen molar-refractivity contribution in [3.05, 3.63) is 28.8 Å². The zero-order valence-corrected chi connectivity index (χ0v) is 13.9. The Labute approximate surface area is 128 Å². The maximum Gasteiger partial charge on any atom is 0.0413 e. The molecule has 1 aliphatic rings. The lowest BCUT2D eigenvalue weighted by Gasteiger charge is -2.24. The van der Waals surface area contributed by atoms with Crippen LogP contribution in [0.5, 0.6) is 0 Å². The van der Waals surface area contributed by atoms with Gasteiger partial charge in [-0.1, -0.05) is 39.3 Å². The van der Waals surface area contributed by atoms with Crippen molar-refractivity contribution in [1.29, 1.82) is 0 Å². The van der Waals surface area contributed by atoms with Crippen molar-refractivity contribution in [2.24, 2.45) is 11.3 Å². The summed E-state index contributed by atoms with van der Waals surface area (Å²) in [5, 5.41) is 4.35. The van der Waals surface area contributed by atoms with Gasteiger partial charge in [0, 0.05) is 30.3 Å². The number of halogens is 1. The number of hydrogen-bond donors (Lipinski definition) is 1. The number of benzene rings is 1. The van der Waals surface area contributed by atoms with Crippen LogP contribution in [-0.4, -0.2) is 19.6 Å². The molecule has 0 aromatic heterocycles. The van der Waals surface area contributed by atoms with Crippen LogP contribution in [0.25, 0.3) is 0 Å². The SMILES string of the molecule is CC(C)CNCc1cc(Cl)ccc1N1CCC(C)(C)C1. The molecular weight excluding hydrogens is 268 g/mol. The Hall–Kier alpha value is -0.730. The van der Waals surface area contributed by atoms with Gasteiger partial charge in [-0.25, -0.2) is 0 Å². The van der Waals surface area contributed by atoms with E-state index in [1.54, 1.807) is 0 Å². The lowest BCUT2D eigenvalue weighted by molar-refractivity contribution is 0.418. The van der Waals surface area contributed by atoms with E-state index in [0.717, 1.165) is 31.2 Å². The molecule has 0 bridgehead atoms. The molecule has 112 valence electrons. The molecule has 1 aliphatic heterocycles. The van der Waals surface area contributed by atoms with Crippen LogP contribution in [0.3, 0.4) is 0 Å². The lowest BCUT2D eigenvalue weighted by Crippen LogP contribution is -2.25. The molecule has 2 rings (SSSR count).